The zero-order valence-electron chi connectivity index (χ0n) is 15.1. The minimum Gasteiger partial charge on any atom is -0.495 e. The summed E-state index contributed by atoms with van der Waals surface area (Å²) in [6.07, 6.45) is 3.69. The van der Waals surface area contributed by atoms with Crippen LogP contribution in [0.3, 0.4) is 0 Å². The maximum absolute atomic E-state index is 13.5. The van der Waals surface area contributed by atoms with E-state index in [-0.39, 0.29) is 4.90 Å². The Bertz CT molecular complexity index is 702. The number of methoxy groups -OCH3 is 1. The molecule has 25 heavy (non-hydrogen) atoms. The molecule has 0 aromatic heterocycles. The van der Waals surface area contributed by atoms with E-state index in [4.69, 9.17) is 10.5 Å². The van der Waals surface area contributed by atoms with Crippen molar-refractivity contribution in [1.82, 2.24) is 10.2 Å². The average Bonchev–Trinajstić information content (AvgIpc) is 2.62. The van der Waals surface area contributed by atoms with E-state index in [2.05, 4.69) is 17.1 Å². The van der Waals surface area contributed by atoms with Crippen LogP contribution in [0.5, 0.6) is 5.75 Å². The van der Waals surface area contributed by atoms with E-state index in [0.717, 1.165) is 38.9 Å². The lowest BCUT2D eigenvalue weighted by Crippen LogP contribution is -2.54. The Morgan fingerprint density at radius 1 is 1.24 bits per heavy atom. The van der Waals surface area contributed by atoms with Crippen molar-refractivity contribution in [2.24, 2.45) is 5.92 Å². The first kappa shape index (κ1) is 18.5. The second-order valence-electron chi connectivity index (χ2n) is 7.26. The van der Waals surface area contributed by atoms with E-state index in [1.54, 1.807) is 12.1 Å². The van der Waals surface area contributed by atoms with Gasteiger partial charge < -0.3 is 15.8 Å². The number of hydrogen-bond donors (Lipinski definition) is 2. The van der Waals surface area contributed by atoms with E-state index in [9.17, 15) is 8.42 Å². The maximum Gasteiger partial charge on any atom is 0.198 e. The smallest absolute Gasteiger partial charge is 0.198 e. The molecule has 2 saturated heterocycles. The zero-order chi connectivity index (χ0) is 18.0. The van der Waals surface area contributed by atoms with Crippen molar-refractivity contribution in [3.05, 3.63) is 18.2 Å². The molecule has 6 nitrogen and oxygen atoms in total. The quantitative estimate of drug-likeness (QED) is 0.790. The van der Waals surface area contributed by atoms with Crippen LogP contribution in [0.15, 0.2) is 23.1 Å². The normalized spacial score (nSPS) is 26.5. The number of likely N-dealkylation sites (tertiary alicyclic amines) is 1. The van der Waals surface area contributed by atoms with E-state index < -0.39 is 15.2 Å². The molecule has 2 heterocycles. The predicted molar refractivity (Wildman–Crippen MR) is 99.4 cm³/mol. The van der Waals surface area contributed by atoms with Crippen LogP contribution >= 0.6 is 0 Å². The van der Waals surface area contributed by atoms with Gasteiger partial charge >= 0.3 is 0 Å². The first-order valence-electron chi connectivity index (χ1n) is 9.07. The largest absolute Gasteiger partial charge is 0.495 e. The molecule has 2 unspecified atom stereocenters. The number of benzene rings is 1. The SMILES string of the molecule is COc1ccc(N)cc1S(=O)(=O)C1CC(C)CCN1C1CCNCC1. The van der Waals surface area contributed by atoms with Crippen LogP contribution < -0.4 is 15.8 Å². The molecule has 3 rings (SSSR count). The van der Waals surface area contributed by atoms with Crippen LogP contribution in [0.25, 0.3) is 0 Å². The number of nitrogens with two attached hydrogens (primary N) is 1. The third-order valence-electron chi connectivity index (χ3n) is 5.48. The number of piperidine rings is 2. The topological polar surface area (TPSA) is 84.7 Å². The maximum atomic E-state index is 13.5. The van der Waals surface area contributed by atoms with Crippen molar-refractivity contribution in [2.45, 2.75) is 48.9 Å². The molecule has 7 heteroatoms. The van der Waals surface area contributed by atoms with Gasteiger partial charge in [-0.2, -0.15) is 0 Å². The third kappa shape index (κ3) is 3.78. The highest BCUT2D eigenvalue weighted by atomic mass is 32.2. The summed E-state index contributed by atoms with van der Waals surface area (Å²) in [7, 11) is -2.06. The standard InChI is InChI=1S/C18H29N3O3S/c1-13-7-10-21(15-5-8-20-9-6-15)18(11-13)25(22,23)17-12-14(19)3-4-16(17)24-2/h3-4,12-13,15,18,20H,5-11,19H2,1-2H3. The molecule has 0 bridgehead atoms. The summed E-state index contributed by atoms with van der Waals surface area (Å²) in [5.74, 6) is 0.766. The summed E-state index contributed by atoms with van der Waals surface area (Å²) in [5.41, 5.74) is 6.31. The number of ether oxygens (including phenoxy) is 1. The second-order valence-corrected chi connectivity index (χ2v) is 9.33. The van der Waals surface area contributed by atoms with Gasteiger partial charge in [-0.1, -0.05) is 6.92 Å². The molecule has 0 aliphatic carbocycles. The Morgan fingerprint density at radius 3 is 2.64 bits per heavy atom. The van der Waals surface area contributed by atoms with Gasteiger partial charge in [0.2, 0.25) is 0 Å². The van der Waals surface area contributed by atoms with Crippen molar-refractivity contribution in [1.29, 1.82) is 0 Å². The van der Waals surface area contributed by atoms with Gasteiger partial charge in [0.1, 0.15) is 16.0 Å². The summed E-state index contributed by atoms with van der Waals surface area (Å²) in [6, 6.07) is 5.17. The molecule has 2 fully saturated rings. The van der Waals surface area contributed by atoms with Gasteiger partial charge in [-0.3, -0.25) is 4.90 Å². The minimum atomic E-state index is -3.56. The van der Waals surface area contributed by atoms with Crippen molar-refractivity contribution in [3.8, 4) is 5.75 Å². The molecule has 1 aromatic carbocycles. The molecule has 2 atom stereocenters. The number of nitrogens with zero attached hydrogens (tertiary/aromatic N) is 1. The van der Waals surface area contributed by atoms with Crippen LogP contribution in [0.1, 0.15) is 32.6 Å². The number of anilines is 1. The Morgan fingerprint density at radius 2 is 1.96 bits per heavy atom. The first-order valence-corrected chi connectivity index (χ1v) is 10.6. The van der Waals surface area contributed by atoms with Crippen LogP contribution in [0.2, 0.25) is 0 Å². The molecule has 1 aromatic rings. The number of rotatable bonds is 4. The Labute approximate surface area is 150 Å². The molecule has 2 aliphatic rings. The average molecular weight is 368 g/mol. The summed E-state index contributed by atoms with van der Waals surface area (Å²) < 4.78 is 32.4. The lowest BCUT2D eigenvalue weighted by atomic mass is 9.95. The van der Waals surface area contributed by atoms with E-state index in [1.807, 2.05) is 0 Å². The van der Waals surface area contributed by atoms with E-state index in [1.165, 1.54) is 13.2 Å². The summed E-state index contributed by atoms with van der Waals surface area (Å²) in [4.78, 5) is 2.44. The van der Waals surface area contributed by atoms with E-state index >= 15 is 0 Å². The molecule has 3 N–H and O–H groups in total. The highest BCUT2D eigenvalue weighted by molar-refractivity contribution is 7.92. The second kappa shape index (κ2) is 7.51. The Hall–Kier alpha value is -1.31. The molecular weight excluding hydrogens is 338 g/mol. The zero-order valence-corrected chi connectivity index (χ0v) is 15.9. The van der Waals surface area contributed by atoms with Gasteiger partial charge in [-0.05, 0) is 69.4 Å². The number of hydrogen-bond acceptors (Lipinski definition) is 6. The van der Waals surface area contributed by atoms with Gasteiger partial charge in [0.25, 0.3) is 0 Å². The van der Waals surface area contributed by atoms with Crippen LogP contribution in [-0.4, -0.2) is 51.5 Å². The van der Waals surface area contributed by atoms with Crippen molar-refractivity contribution in [3.63, 3.8) is 0 Å². The number of nitrogen functional groups attached to an aromatic ring is 1. The fraction of sp³-hybridized carbons (Fsp3) is 0.667. The van der Waals surface area contributed by atoms with Crippen molar-refractivity contribution in [2.75, 3.05) is 32.5 Å². The van der Waals surface area contributed by atoms with Gasteiger partial charge in [0.05, 0.1) is 7.11 Å². The van der Waals surface area contributed by atoms with Gasteiger partial charge in [-0.25, -0.2) is 8.42 Å². The summed E-state index contributed by atoms with van der Waals surface area (Å²) in [6.45, 7) is 4.87. The van der Waals surface area contributed by atoms with Crippen LogP contribution in [0.4, 0.5) is 5.69 Å². The fourth-order valence-electron chi connectivity index (χ4n) is 4.03. The lowest BCUT2D eigenvalue weighted by molar-refractivity contribution is 0.0936. The van der Waals surface area contributed by atoms with Crippen molar-refractivity contribution < 1.29 is 13.2 Å². The molecule has 140 valence electrons. The third-order valence-corrected chi connectivity index (χ3v) is 7.60. The monoisotopic (exact) mass is 367 g/mol. The summed E-state index contributed by atoms with van der Waals surface area (Å²) in [5, 5.41) is 2.86. The molecule has 0 spiro atoms. The molecule has 2 aliphatic heterocycles. The van der Waals surface area contributed by atoms with Crippen LogP contribution in [-0.2, 0) is 9.84 Å². The molecule has 0 amide bonds. The number of sulfone groups is 1. The fourth-order valence-corrected chi connectivity index (χ4v) is 6.28. The summed E-state index contributed by atoms with van der Waals surface area (Å²) >= 11 is 0. The lowest BCUT2D eigenvalue weighted by Gasteiger charge is -2.44. The number of nitrogens with one attached hydrogen (secondary N) is 1. The van der Waals surface area contributed by atoms with Crippen LogP contribution in [0, 0.1) is 5.92 Å². The Balaban J connectivity index is 1.98. The van der Waals surface area contributed by atoms with Gasteiger partial charge in [0, 0.05) is 11.7 Å². The predicted octanol–water partition coefficient (Wildman–Crippen LogP) is 1.86. The molecule has 0 radical (unpaired) electrons. The highest BCUT2D eigenvalue weighted by Gasteiger charge is 2.41. The molecular formula is C18H29N3O3S. The van der Waals surface area contributed by atoms with Crippen molar-refractivity contribution >= 4 is 15.5 Å². The van der Waals surface area contributed by atoms with Gasteiger partial charge in [0.15, 0.2) is 9.84 Å². The molecule has 0 saturated carbocycles. The first-order chi connectivity index (χ1) is 11.9. The van der Waals surface area contributed by atoms with E-state index in [0.29, 0.717) is 29.8 Å². The minimum absolute atomic E-state index is 0.216. The Kier molecular flexibility index (Phi) is 5.55. The highest BCUT2D eigenvalue weighted by Crippen LogP contribution is 2.36. The van der Waals surface area contributed by atoms with Gasteiger partial charge in [-0.15, -0.1) is 0 Å².